The maximum Gasteiger partial charge on any atom is 0.122 e. The first kappa shape index (κ1) is 15.0. The Bertz CT molecular complexity index is 580. The molecule has 2 rings (SSSR count). The van der Waals surface area contributed by atoms with Gasteiger partial charge in [0.1, 0.15) is 5.75 Å². The quantitative estimate of drug-likeness (QED) is 0.889. The van der Waals surface area contributed by atoms with Crippen molar-refractivity contribution in [3.63, 3.8) is 0 Å². The van der Waals surface area contributed by atoms with E-state index in [-0.39, 0.29) is 5.92 Å². The van der Waals surface area contributed by atoms with E-state index < -0.39 is 6.10 Å². The van der Waals surface area contributed by atoms with Gasteiger partial charge in [-0.05, 0) is 52.9 Å². The summed E-state index contributed by atoms with van der Waals surface area (Å²) in [4.78, 5) is 0. The predicted octanol–water partition coefficient (Wildman–Crippen LogP) is 3.15. The first-order valence-corrected chi connectivity index (χ1v) is 7.58. The van der Waals surface area contributed by atoms with Crippen molar-refractivity contribution in [3.05, 3.63) is 51.2 Å². The van der Waals surface area contributed by atoms with E-state index in [0.29, 0.717) is 6.54 Å². The molecular weight excluding hydrogens is 270 g/mol. The van der Waals surface area contributed by atoms with E-state index in [2.05, 4.69) is 0 Å². The molecule has 0 aliphatic carbocycles. The Morgan fingerprint density at radius 1 is 1.25 bits per heavy atom. The highest BCUT2D eigenvalue weighted by atomic mass is 32.1. The van der Waals surface area contributed by atoms with Crippen LogP contribution in [0.25, 0.3) is 0 Å². The zero-order valence-electron chi connectivity index (χ0n) is 12.1. The summed E-state index contributed by atoms with van der Waals surface area (Å²) in [6, 6.07) is 5.99. The van der Waals surface area contributed by atoms with Gasteiger partial charge in [0, 0.05) is 12.5 Å². The number of thiophene rings is 1. The van der Waals surface area contributed by atoms with E-state index in [0.717, 1.165) is 28.0 Å². The highest BCUT2D eigenvalue weighted by Crippen LogP contribution is 2.35. The second-order valence-electron chi connectivity index (χ2n) is 5.03. The van der Waals surface area contributed by atoms with Gasteiger partial charge in [-0.1, -0.05) is 12.1 Å². The van der Waals surface area contributed by atoms with Gasteiger partial charge < -0.3 is 15.6 Å². The molecule has 0 radical (unpaired) electrons. The highest BCUT2D eigenvalue weighted by Gasteiger charge is 2.24. The predicted molar refractivity (Wildman–Crippen MR) is 83.5 cm³/mol. The average molecular weight is 291 g/mol. The molecular formula is C16H21NO2S. The Balaban J connectivity index is 2.35. The van der Waals surface area contributed by atoms with Crippen LogP contribution in [-0.2, 0) is 0 Å². The number of methoxy groups -OCH3 is 1. The monoisotopic (exact) mass is 291 g/mol. The zero-order chi connectivity index (χ0) is 14.7. The highest BCUT2D eigenvalue weighted by molar-refractivity contribution is 7.08. The lowest BCUT2D eigenvalue weighted by Gasteiger charge is -2.23. The van der Waals surface area contributed by atoms with E-state index in [1.165, 1.54) is 0 Å². The van der Waals surface area contributed by atoms with Crippen molar-refractivity contribution < 1.29 is 9.84 Å². The lowest BCUT2D eigenvalue weighted by molar-refractivity contribution is 0.147. The number of rotatable bonds is 5. The molecule has 108 valence electrons. The molecule has 3 nitrogen and oxygen atoms in total. The summed E-state index contributed by atoms with van der Waals surface area (Å²) in [5.41, 5.74) is 10.1. The second kappa shape index (κ2) is 6.39. The maximum absolute atomic E-state index is 10.6. The van der Waals surface area contributed by atoms with E-state index in [4.69, 9.17) is 10.5 Å². The molecule has 0 amide bonds. The van der Waals surface area contributed by atoms with Crippen LogP contribution in [0.5, 0.6) is 5.75 Å². The molecule has 0 fully saturated rings. The van der Waals surface area contributed by atoms with Gasteiger partial charge in [-0.25, -0.2) is 0 Å². The first-order chi connectivity index (χ1) is 9.58. The molecule has 0 saturated heterocycles. The number of aryl methyl sites for hydroxylation is 2. The van der Waals surface area contributed by atoms with Gasteiger partial charge in [-0.15, -0.1) is 0 Å². The second-order valence-corrected chi connectivity index (χ2v) is 5.77. The molecule has 20 heavy (non-hydrogen) atoms. The van der Waals surface area contributed by atoms with Crippen LogP contribution in [-0.4, -0.2) is 18.8 Å². The van der Waals surface area contributed by atoms with Crippen molar-refractivity contribution in [1.29, 1.82) is 0 Å². The summed E-state index contributed by atoms with van der Waals surface area (Å²) in [6.07, 6.45) is -0.585. The minimum Gasteiger partial charge on any atom is -0.496 e. The van der Waals surface area contributed by atoms with Crippen molar-refractivity contribution in [3.8, 4) is 5.75 Å². The molecule has 2 atom stereocenters. The standard InChI is InChI=1S/C16H21NO2S/c1-10-4-5-12(6-15(10)19-3)13(7-17)16(18)14-9-20-8-11(14)2/h4-6,8-9,13,16,18H,7,17H2,1-3H3. The van der Waals surface area contributed by atoms with Crippen LogP contribution in [0, 0.1) is 13.8 Å². The molecule has 2 aromatic rings. The summed E-state index contributed by atoms with van der Waals surface area (Å²) in [6.45, 7) is 4.40. The van der Waals surface area contributed by atoms with Gasteiger partial charge in [-0.2, -0.15) is 11.3 Å². The fourth-order valence-corrected chi connectivity index (χ4v) is 3.28. The normalized spacial score (nSPS) is 14.1. The molecule has 0 spiro atoms. The molecule has 0 aliphatic heterocycles. The Morgan fingerprint density at radius 2 is 2.00 bits per heavy atom. The van der Waals surface area contributed by atoms with Gasteiger partial charge in [0.2, 0.25) is 0 Å². The fourth-order valence-electron chi connectivity index (χ4n) is 2.40. The Morgan fingerprint density at radius 3 is 2.55 bits per heavy atom. The van der Waals surface area contributed by atoms with Crippen molar-refractivity contribution in [2.45, 2.75) is 25.9 Å². The number of benzene rings is 1. The lowest BCUT2D eigenvalue weighted by Crippen LogP contribution is -2.20. The Labute approximate surface area is 124 Å². The van der Waals surface area contributed by atoms with E-state index in [1.54, 1.807) is 18.4 Å². The molecule has 1 aromatic heterocycles. The van der Waals surface area contributed by atoms with Crippen molar-refractivity contribution in [2.75, 3.05) is 13.7 Å². The molecule has 3 N–H and O–H groups in total. The SMILES string of the molecule is COc1cc(C(CN)C(O)c2cscc2C)ccc1C. The third kappa shape index (κ3) is 2.87. The molecule has 0 bridgehead atoms. The van der Waals surface area contributed by atoms with Crippen LogP contribution in [0.1, 0.15) is 34.3 Å². The lowest BCUT2D eigenvalue weighted by atomic mass is 9.88. The number of hydrogen-bond donors (Lipinski definition) is 2. The van der Waals surface area contributed by atoms with Crippen molar-refractivity contribution in [2.24, 2.45) is 5.73 Å². The maximum atomic E-state index is 10.6. The van der Waals surface area contributed by atoms with E-state index in [9.17, 15) is 5.11 Å². The average Bonchev–Trinajstić information content (AvgIpc) is 2.87. The van der Waals surface area contributed by atoms with E-state index >= 15 is 0 Å². The fraction of sp³-hybridized carbons (Fsp3) is 0.375. The minimum atomic E-state index is -0.585. The molecule has 1 heterocycles. The third-order valence-electron chi connectivity index (χ3n) is 3.71. The largest absolute Gasteiger partial charge is 0.496 e. The van der Waals surface area contributed by atoms with Gasteiger partial charge in [0.15, 0.2) is 0 Å². The molecule has 0 aliphatic rings. The van der Waals surface area contributed by atoms with Gasteiger partial charge in [-0.3, -0.25) is 0 Å². The molecule has 2 unspecified atom stereocenters. The summed E-state index contributed by atoms with van der Waals surface area (Å²) >= 11 is 1.60. The summed E-state index contributed by atoms with van der Waals surface area (Å²) in [5, 5.41) is 14.7. The topological polar surface area (TPSA) is 55.5 Å². The Hall–Kier alpha value is -1.36. The number of nitrogens with two attached hydrogens (primary N) is 1. The molecule has 4 heteroatoms. The van der Waals surface area contributed by atoms with Crippen LogP contribution in [0.4, 0.5) is 0 Å². The number of ether oxygens (including phenoxy) is 1. The molecule has 1 aromatic carbocycles. The first-order valence-electron chi connectivity index (χ1n) is 6.63. The van der Waals surface area contributed by atoms with Crippen LogP contribution < -0.4 is 10.5 Å². The van der Waals surface area contributed by atoms with E-state index in [1.807, 2.05) is 42.8 Å². The number of hydrogen-bond acceptors (Lipinski definition) is 4. The summed E-state index contributed by atoms with van der Waals surface area (Å²) in [5.74, 6) is 0.702. The van der Waals surface area contributed by atoms with Crippen LogP contribution >= 0.6 is 11.3 Å². The number of aliphatic hydroxyl groups excluding tert-OH is 1. The van der Waals surface area contributed by atoms with Crippen LogP contribution in [0.3, 0.4) is 0 Å². The van der Waals surface area contributed by atoms with Gasteiger partial charge >= 0.3 is 0 Å². The van der Waals surface area contributed by atoms with Crippen molar-refractivity contribution in [1.82, 2.24) is 0 Å². The van der Waals surface area contributed by atoms with Crippen molar-refractivity contribution >= 4 is 11.3 Å². The molecule has 0 saturated carbocycles. The Kier molecular flexibility index (Phi) is 4.81. The number of aliphatic hydroxyl groups is 1. The van der Waals surface area contributed by atoms with Crippen LogP contribution in [0.15, 0.2) is 29.0 Å². The summed E-state index contributed by atoms with van der Waals surface area (Å²) in [7, 11) is 1.66. The van der Waals surface area contributed by atoms with Crippen LogP contribution in [0.2, 0.25) is 0 Å². The third-order valence-corrected chi connectivity index (χ3v) is 4.59. The minimum absolute atomic E-state index is 0.127. The zero-order valence-corrected chi connectivity index (χ0v) is 12.9. The summed E-state index contributed by atoms with van der Waals surface area (Å²) < 4.78 is 5.35. The smallest absolute Gasteiger partial charge is 0.122 e. The van der Waals surface area contributed by atoms with Gasteiger partial charge in [0.05, 0.1) is 13.2 Å². The van der Waals surface area contributed by atoms with Gasteiger partial charge in [0.25, 0.3) is 0 Å².